The van der Waals surface area contributed by atoms with Crippen LogP contribution in [0.3, 0.4) is 0 Å². The van der Waals surface area contributed by atoms with E-state index in [1.165, 1.54) is 27.6 Å². The predicted octanol–water partition coefficient (Wildman–Crippen LogP) is 9.90. The van der Waals surface area contributed by atoms with Gasteiger partial charge >= 0.3 is 0 Å². The minimum Gasteiger partial charge on any atom is -0.512 e. The predicted molar refractivity (Wildman–Crippen MR) is 182 cm³/mol. The summed E-state index contributed by atoms with van der Waals surface area (Å²) in [6.45, 7) is 11.1. The van der Waals surface area contributed by atoms with Gasteiger partial charge in [0.25, 0.3) is 0 Å². The van der Waals surface area contributed by atoms with Gasteiger partial charge in [-0.05, 0) is 17.5 Å². The first kappa shape index (κ1) is 32.0. The van der Waals surface area contributed by atoms with Crippen LogP contribution >= 0.6 is 0 Å². The third-order valence-corrected chi connectivity index (χ3v) is 7.89. The van der Waals surface area contributed by atoms with Crippen LogP contribution in [0.25, 0.3) is 60.4 Å². The normalized spacial score (nSPS) is 12.4. The summed E-state index contributed by atoms with van der Waals surface area (Å²) < 4.78 is 2.26. The summed E-state index contributed by atoms with van der Waals surface area (Å²) in [6, 6.07) is 35.0. The molecular formula is C39H36IrN3O2-. The fourth-order valence-corrected chi connectivity index (χ4v) is 5.26. The molecule has 6 heteroatoms. The number of imidazole rings is 1. The zero-order valence-electron chi connectivity index (χ0n) is 26.3. The largest absolute Gasteiger partial charge is 0.512 e. The smallest absolute Gasteiger partial charge is 0.164 e. The second-order valence-electron chi connectivity index (χ2n) is 13.2. The van der Waals surface area contributed by atoms with Crippen molar-refractivity contribution >= 4 is 54.9 Å². The van der Waals surface area contributed by atoms with Gasteiger partial charge in [-0.3, -0.25) is 9.20 Å². The van der Waals surface area contributed by atoms with Gasteiger partial charge in [0.2, 0.25) is 0 Å². The molecule has 0 unspecified atom stereocenters. The number of aliphatic hydroxyl groups excluding tert-OH is 1. The number of pyridine rings is 2. The zero-order chi connectivity index (χ0) is 31.2. The van der Waals surface area contributed by atoms with E-state index in [1.54, 1.807) is 0 Å². The number of ketones is 1. The molecule has 0 saturated heterocycles. The van der Waals surface area contributed by atoms with Gasteiger partial charge in [-0.25, -0.2) is 4.98 Å². The van der Waals surface area contributed by atoms with E-state index >= 15 is 0 Å². The number of para-hydroxylation sites is 1. The molecule has 0 spiro atoms. The Labute approximate surface area is 277 Å². The Morgan fingerprint density at radius 3 is 2.09 bits per heavy atom. The third-order valence-electron chi connectivity index (χ3n) is 7.89. The molecule has 1 radical (unpaired) electrons. The summed E-state index contributed by atoms with van der Waals surface area (Å²) in [7, 11) is 0. The number of rotatable bonds is 2. The van der Waals surface area contributed by atoms with Gasteiger partial charge in [0.1, 0.15) is 11.4 Å². The van der Waals surface area contributed by atoms with Crippen molar-refractivity contribution in [3.63, 3.8) is 0 Å². The number of aliphatic hydroxyl groups is 1. The van der Waals surface area contributed by atoms with Crippen LogP contribution in [0.4, 0.5) is 0 Å². The Hall–Kier alpha value is -4.38. The molecule has 7 rings (SSSR count). The van der Waals surface area contributed by atoms with Crippen molar-refractivity contribution in [1.29, 1.82) is 0 Å². The standard InChI is InChI=1S/C28H16N3.C11H20O2.Ir/c1-2-8-19-17-20(14-13-18(19)7-1)26-27-25(15-16-29-26)31-24-12-6-5-10-22(24)21-9-3-4-11-23(21)28(31)30-27;1-10(2,3)8(12)7-9(13)11(4,5)6;/h1-13,15-17H;7,12H,1-6H3;/q-1;;/b;8-7-;. The molecule has 229 valence electrons. The molecule has 0 atom stereocenters. The maximum absolute atomic E-state index is 11.5. The summed E-state index contributed by atoms with van der Waals surface area (Å²) in [5, 5.41) is 15.5. The van der Waals surface area contributed by atoms with E-state index in [2.05, 4.69) is 89.3 Å². The monoisotopic (exact) mass is 771 g/mol. The molecule has 45 heavy (non-hydrogen) atoms. The molecular weight excluding hydrogens is 735 g/mol. The molecule has 1 N–H and O–H groups in total. The first-order valence-corrected chi connectivity index (χ1v) is 14.9. The Balaban J connectivity index is 0.000000246. The third kappa shape index (κ3) is 6.13. The summed E-state index contributed by atoms with van der Waals surface area (Å²) in [5.41, 5.74) is 5.12. The number of carbonyl (C=O) groups excluding carboxylic acids is 1. The van der Waals surface area contributed by atoms with Crippen molar-refractivity contribution in [2.75, 3.05) is 0 Å². The summed E-state index contributed by atoms with van der Waals surface area (Å²) >= 11 is 0. The molecule has 3 aromatic heterocycles. The second kappa shape index (κ2) is 12.2. The van der Waals surface area contributed by atoms with Crippen LogP contribution in [0.15, 0.2) is 109 Å². The minimum atomic E-state index is -0.417. The maximum Gasteiger partial charge on any atom is 0.164 e. The van der Waals surface area contributed by atoms with Crippen molar-refractivity contribution in [2.24, 2.45) is 10.8 Å². The summed E-state index contributed by atoms with van der Waals surface area (Å²) in [5.74, 6) is 0.104. The van der Waals surface area contributed by atoms with Crippen molar-refractivity contribution in [3.8, 4) is 11.3 Å². The van der Waals surface area contributed by atoms with E-state index in [1.807, 2.05) is 59.9 Å². The number of allylic oxidation sites excluding steroid dienone is 2. The Kier molecular flexibility index (Phi) is 8.68. The average molecular weight is 771 g/mol. The number of carbonyl (C=O) groups is 1. The Morgan fingerprint density at radius 2 is 1.40 bits per heavy atom. The van der Waals surface area contributed by atoms with E-state index in [9.17, 15) is 9.90 Å². The summed E-state index contributed by atoms with van der Waals surface area (Å²) in [6.07, 6.45) is 3.21. The van der Waals surface area contributed by atoms with Crippen LogP contribution < -0.4 is 0 Å². The number of hydrogen-bond acceptors (Lipinski definition) is 4. The van der Waals surface area contributed by atoms with Crippen molar-refractivity contribution < 1.29 is 30.0 Å². The number of aromatic nitrogens is 3. The van der Waals surface area contributed by atoms with Crippen LogP contribution in [0, 0.1) is 16.9 Å². The van der Waals surface area contributed by atoms with E-state index in [-0.39, 0.29) is 37.1 Å². The van der Waals surface area contributed by atoms with Crippen LogP contribution in [0.2, 0.25) is 0 Å². The van der Waals surface area contributed by atoms with Crippen LogP contribution in [0.5, 0.6) is 0 Å². The number of hydrogen-bond donors (Lipinski definition) is 1. The number of fused-ring (bicyclic) bond motifs is 9. The second-order valence-corrected chi connectivity index (χ2v) is 13.2. The van der Waals surface area contributed by atoms with E-state index < -0.39 is 5.41 Å². The van der Waals surface area contributed by atoms with Crippen LogP contribution in [-0.4, -0.2) is 25.3 Å². The Morgan fingerprint density at radius 1 is 0.778 bits per heavy atom. The van der Waals surface area contributed by atoms with Crippen molar-refractivity contribution in [3.05, 3.63) is 115 Å². The van der Waals surface area contributed by atoms with Gasteiger partial charge in [-0.1, -0.05) is 114 Å². The molecule has 0 aliphatic rings. The fourth-order valence-electron chi connectivity index (χ4n) is 5.26. The van der Waals surface area contributed by atoms with Crippen LogP contribution in [0.1, 0.15) is 41.5 Å². The number of benzene rings is 4. The minimum absolute atomic E-state index is 0. The van der Waals surface area contributed by atoms with Gasteiger partial charge in [0.05, 0.1) is 16.6 Å². The SMILES string of the molecule is CC(C)(C)C(=O)/C=C(\O)C(C)(C)C.[Ir].[c-]1cc2ccccc2cc1-c1nccc2c1nc1c3ccccc3c3ccccc3n21. The number of nitrogens with zero attached hydrogens (tertiary/aromatic N) is 3. The quantitative estimate of drug-likeness (QED) is 0.0823. The van der Waals surface area contributed by atoms with Gasteiger partial charge in [-0.2, -0.15) is 0 Å². The molecule has 3 heterocycles. The van der Waals surface area contributed by atoms with Gasteiger partial charge in [0, 0.05) is 59.7 Å². The van der Waals surface area contributed by atoms with E-state index in [4.69, 9.17) is 9.97 Å². The van der Waals surface area contributed by atoms with E-state index in [0.29, 0.717) is 0 Å². The van der Waals surface area contributed by atoms with Gasteiger partial charge < -0.3 is 10.1 Å². The fraction of sp³-hybridized carbons (Fsp3) is 0.205. The molecule has 0 aliphatic carbocycles. The van der Waals surface area contributed by atoms with Crippen LogP contribution in [-0.2, 0) is 24.9 Å². The molecule has 0 saturated carbocycles. The molecule has 5 nitrogen and oxygen atoms in total. The molecule has 4 aromatic carbocycles. The zero-order valence-corrected chi connectivity index (χ0v) is 28.7. The Bertz CT molecular complexity index is 2230. The first-order valence-electron chi connectivity index (χ1n) is 14.9. The average Bonchev–Trinajstić information content (AvgIpc) is 3.41. The molecule has 0 bridgehead atoms. The van der Waals surface area contributed by atoms with Gasteiger partial charge in [0.15, 0.2) is 5.78 Å². The van der Waals surface area contributed by atoms with E-state index in [0.717, 1.165) is 38.8 Å². The van der Waals surface area contributed by atoms with Crippen molar-refractivity contribution in [2.45, 2.75) is 41.5 Å². The summed E-state index contributed by atoms with van der Waals surface area (Å²) in [4.78, 5) is 21.3. The molecule has 0 fully saturated rings. The maximum atomic E-state index is 11.5. The molecule has 0 amide bonds. The molecule has 0 aliphatic heterocycles. The molecule has 7 aromatic rings. The topological polar surface area (TPSA) is 67.5 Å². The first-order chi connectivity index (χ1) is 20.9. The van der Waals surface area contributed by atoms with Crippen molar-refractivity contribution in [1.82, 2.24) is 14.4 Å². The van der Waals surface area contributed by atoms with Gasteiger partial charge in [-0.15, -0.1) is 29.1 Å².